The summed E-state index contributed by atoms with van der Waals surface area (Å²) in [7, 11) is 0. The van der Waals surface area contributed by atoms with Gasteiger partial charge in [-0.1, -0.05) is 30.7 Å². The quantitative estimate of drug-likeness (QED) is 0.574. The van der Waals surface area contributed by atoms with Crippen molar-refractivity contribution < 1.29 is 23.1 Å². The second kappa shape index (κ2) is 10.3. The molecular formula is C29H34F2N4O3. The molecule has 3 N–H and O–H groups in total. The Morgan fingerprint density at radius 1 is 1.18 bits per heavy atom. The molecule has 9 heteroatoms. The monoisotopic (exact) mass is 524 g/mol. The number of alkyl halides is 2. The number of nitrogens with zero attached hydrogens (tertiary/aromatic N) is 2. The Kier molecular flexibility index (Phi) is 7.11. The van der Waals surface area contributed by atoms with Gasteiger partial charge in [-0.05, 0) is 62.4 Å². The zero-order valence-corrected chi connectivity index (χ0v) is 21.8. The Labute approximate surface area is 221 Å². The summed E-state index contributed by atoms with van der Waals surface area (Å²) >= 11 is 0. The molecule has 6 rings (SSSR count). The van der Waals surface area contributed by atoms with Crippen LogP contribution in [-0.4, -0.2) is 40.7 Å². The summed E-state index contributed by atoms with van der Waals surface area (Å²) in [6.07, 6.45) is 0.681. The third-order valence-electron chi connectivity index (χ3n) is 7.58. The van der Waals surface area contributed by atoms with E-state index in [9.17, 15) is 18.4 Å². The zero-order chi connectivity index (χ0) is 27.0. The van der Waals surface area contributed by atoms with Gasteiger partial charge in [-0.15, -0.1) is 0 Å². The second-order valence-electron chi connectivity index (χ2n) is 11.1. The third kappa shape index (κ3) is 5.51. The van der Waals surface area contributed by atoms with Crippen molar-refractivity contribution in [1.29, 1.82) is 0 Å². The molecule has 4 heterocycles. The van der Waals surface area contributed by atoms with Crippen LogP contribution in [0.2, 0.25) is 0 Å². The van der Waals surface area contributed by atoms with E-state index in [2.05, 4.69) is 22.4 Å². The van der Waals surface area contributed by atoms with Gasteiger partial charge < -0.3 is 15.8 Å². The van der Waals surface area contributed by atoms with Gasteiger partial charge in [0.25, 0.3) is 5.91 Å². The van der Waals surface area contributed by atoms with Crippen molar-refractivity contribution in [2.24, 2.45) is 10.7 Å². The van der Waals surface area contributed by atoms with E-state index < -0.39 is 24.5 Å². The van der Waals surface area contributed by atoms with E-state index in [1.165, 1.54) is 4.90 Å². The van der Waals surface area contributed by atoms with Gasteiger partial charge in [0, 0.05) is 30.4 Å². The highest BCUT2D eigenvalue weighted by atomic mass is 19.3. The van der Waals surface area contributed by atoms with Crippen molar-refractivity contribution in [3.8, 4) is 5.75 Å². The molecule has 4 aliphatic heterocycles. The van der Waals surface area contributed by atoms with Gasteiger partial charge in [-0.2, -0.15) is 0 Å². The van der Waals surface area contributed by atoms with Gasteiger partial charge in [0.05, 0.1) is 18.1 Å². The molecule has 3 atom stereocenters. The number of nitrogens with one attached hydrogen (secondary N) is 1. The molecule has 0 radical (unpaired) electrons. The van der Waals surface area contributed by atoms with Gasteiger partial charge in [-0.25, -0.2) is 13.8 Å². The number of ether oxygens (including phenoxy) is 1. The van der Waals surface area contributed by atoms with Crippen LogP contribution in [0.3, 0.4) is 0 Å². The molecule has 0 spiro atoms. The maximum absolute atomic E-state index is 13.7. The fourth-order valence-corrected chi connectivity index (χ4v) is 5.81. The minimum atomic E-state index is -2.68. The van der Waals surface area contributed by atoms with Crippen molar-refractivity contribution in [2.75, 3.05) is 0 Å². The van der Waals surface area contributed by atoms with Crippen LogP contribution < -0.4 is 15.8 Å². The highest BCUT2D eigenvalue weighted by Crippen LogP contribution is 2.40. The number of carbonyl (C=O) groups is 2. The van der Waals surface area contributed by atoms with Crippen molar-refractivity contribution in [3.05, 3.63) is 64.7 Å². The second-order valence-corrected chi connectivity index (χ2v) is 11.1. The summed E-state index contributed by atoms with van der Waals surface area (Å²) in [5.74, 6) is 0.0599. The molecule has 3 unspecified atom stereocenters. The number of fused-ring (bicyclic) bond motifs is 5. The number of amides is 2. The number of aliphatic imine (C=N–C) groups is 1. The lowest BCUT2D eigenvalue weighted by Crippen LogP contribution is -2.49. The maximum atomic E-state index is 13.7. The molecule has 2 aromatic carbocycles. The first-order valence-corrected chi connectivity index (χ1v) is 13.3. The first-order chi connectivity index (χ1) is 18.1. The van der Waals surface area contributed by atoms with E-state index in [1.54, 1.807) is 24.3 Å². The Morgan fingerprint density at radius 3 is 2.76 bits per heavy atom. The summed E-state index contributed by atoms with van der Waals surface area (Å²) in [5.41, 5.74) is 8.56. The lowest BCUT2D eigenvalue weighted by molar-refractivity contribution is -0.131. The predicted molar refractivity (Wildman–Crippen MR) is 140 cm³/mol. The lowest BCUT2D eigenvalue weighted by Gasteiger charge is -2.38. The Hall–Kier alpha value is -3.49. The fraction of sp³-hybridized carbons (Fsp3) is 0.483. The highest BCUT2D eigenvalue weighted by molar-refractivity contribution is 5.99. The van der Waals surface area contributed by atoms with Gasteiger partial charge in [0.2, 0.25) is 12.3 Å². The van der Waals surface area contributed by atoms with Gasteiger partial charge >= 0.3 is 0 Å². The molecule has 0 saturated carbocycles. The standard InChI is InChI=1S/C29H34F2N4O3/c1-29(2)16-22-21-12-17(10-11-24(21)38-29)6-3-4-9-20-14-26(36)35(28(32)33-20)23(15-25(30)31)18-7-5-8-19(13-18)27(37)34-22/h5,7-8,10-13,20,22-23,25H,3-4,6,9,14-16H2,1-2H3,(H2,32,33)(H,34,37). The number of rotatable bonds is 2. The van der Waals surface area contributed by atoms with E-state index in [1.807, 2.05) is 19.9 Å². The first-order valence-electron chi connectivity index (χ1n) is 13.3. The smallest absolute Gasteiger partial charge is 0.251 e. The first kappa shape index (κ1) is 26.1. The highest BCUT2D eigenvalue weighted by Gasteiger charge is 2.37. The largest absolute Gasteiger partial charge is 0.487 e. The number of carbonyl (C=O) groups excluding carboxylic acids is 2. The van der Waals surface area contributed by atoms with Crippen LogP contribution in [0, 0.1) is 0 Å². The van der Waals surface area contributed by atoms with Crippen molar-refractivity contribution >= 4 is 17.8 Å². The van der Waals surface area contributed by atoms with E-state index in [0.29, 0.717) is 24.0 Å². The Bertz CT molecular complexity index is 1260. The normalized spacial score (nSPS) is 25.2. The lowest BCUT2D eigenvalue weighted by atomic mass is 9.88. The average molecular weight is 525 g/mol. The number of aryl methyl sites for hydroxylation is 1. The number of halogens is 2. The molecule has 38 heavy (non-hydrogen) atoms. The summed E-state index contributed by atoms with van der Waals surface area (Å²) in [4.78, 5) is 32.3. The molecule has 2 aromatic rings. The number of benzene rings is 2. The summed E-state index contributed by atoms with van der Waals surface area (Å²) in [5, 5.41) is 3.15. The molecule has 0 fully saturated rings. The molecular weight excluding hydrogens is 490 g/mol. The number of guanidine groups is 1. The predicted octanol–water partition coefficient (Wildman–Crippen LogP) is 5.06. The molecule has 4 aliphatic rings. The van der Waals surface area contributed by atoms with Crippen molar-refractivity contribution in [3.63, 3.8) is 0 Å². The number of nitrogens with two attached hydrogens (primary N) is 1. The molecule has 202 valence electrons. The van der Waals surface area contributed by atoms with Crippen molar-refractivity contribution in [1.82, 2.24) is 10.2 Å². The van der Waals surface area contributed by atoms with Crippen LogP contribution in [0.4, 0.5) is 8.78 Å². The number of hydrogen-bond donors (Lipinski definition) is 2. The fourth-order valence-electron chi connectivity index (χ4n) is 5.81. The van der Waals surface area contributed by atoms with E-state index in [0.717, 1.165) is 36.1 Å². The summed E-state index contributed by atoms with van der Waals surface area (Å²) in [6.45, 7) is 3.98. The molecule has 0 saturated heterocycles. The van der Waals surface area contributed by atoms with Gasteiger partial charge in [0.1, 0.15) is 11.4 Å². The van der Waals surface area contributed by atoms with Crippen LogP contribution in [0.1, 0.15) is 91.5 Å². The minimum absolute atomic E-state index is 0.0439. The van der Waals surface area contributed by atoms with Crippen LogP contribution in [-0.2, 0) is 11.2 Å². The molecule has 6 bridgehead atoms. The van der Waals surface area contributed by atoms with E-state index in [-0.39, 0.29) is 36.3 Å². The molecule has 7 nitrogen and oxygen atoms in total. The molecule has 0 aliphatic carbocycles. The Morgan fingerprint density at radius 2 is 2.00 bits per heavy atom. The summed E-state index contributed by atoms with van der Waals surface area (Å²) < 4.78 is 33.6. The van der Waals surface area contributed by atoms with Gasteiger partial charge in [0.15, 0.2) is 5.96 Å². The van der Waals surface area contributed by atoms with Gasteiger partial charge in [-0.3, -0.25) is 14.5 Å². The topological polar surface area (TPSA) is 97.0 Å². The van der Waals surface area contributed by atoms with Crippen LogP contribution in [0.15, 0.2) is 47.5 Å². The maximum Gasteiger partial charge on any atom is 0.251 e. The Balaban J connectivity index is 1.56. The van der Waals surface area contributed by atoms with Crippen LogP contribution >= 0.6 is 0 Å². The van der Waals surface area contributed by atoms with E-state index >= 15 is 0 Å². The van der Waals surface area contributed by atoms with Crippen molar-refractivity contribution in [2.45, 2.75) is 88.9 Å². The molecule has 2 amide bonds. The summed E-state index contributed by atoms with van der Waals surface area (Å²) in [6, 6.07) is 11.1. The zero-order valence-electron chi connectivity index (χ0n) is 21.8. The third-order valence-corrected chi connectivity index (χ3v) is 7.58. The van der Waals surface area contributed by atoms with Crippen LogP contribution in [0.25, 0.3) is 0 Å². The van der Waals surface area contributed by atoms with Crippen LogP contribution in [0.5, 0.6) is 5.75 Å². The number of hydrogen-bond acceptors (Lipinski definition) is 5. The molecule has 0 aromatic heterocycles. The average Bonchev–Trinajstić information content (AvgIpc) is 2.84. The van der Waals surface area contributed by atoms with E-state index in [4.69, 9.17) is 10.5 Å². The SMILES string of the molecule is CC1(C)CC2NC(=O)c3cccc(c3)C(CC(F)F)N3C(=O)CC(CCCCc4ccc(c2c4)O1)N=C3N. The minimum Gasteiger partial charge on any atom is -0.487 e.